The number of methoxy groups -OCH3 is 1. The van der Waals surface area contributed by atoms with Gasteiger partial charge in [-0.2, -0.15) is 0 Å². The van der Waals surface area contributed by atoms with Crippen LogP contribution >= 0.6 is 11.3 Å². The standard InChI is InChI=1S/C16H23N3OS/c1-12(19-8-4-3-5-9-19)11-17-16-18-14-7-6-13(20-2)10-15(14)21-16/h6-7,10,12H,3-5,8-9,11H2,1-2H3,(H,17,18). The van der Waals surface area contributed by atoms with Crippen LogP contribution in [0, 0.1) is 0 Å². The van der Waals surface area contributed by atoms with Crippen LogP contribution in [-0.2, 0) is 0 Å². The lowest BCUT2D eigenvalue weighted by Crippen LogP contribution is -2.41. The van der Waals surface area contributed by atoms with Crippen LogP contribution in [0.2, 0.25) is 0 Å². The first-order chi connectivity index (χ1) is 10.3. The Balaban J connectivity index is 1.62. The molecule has 0 saturated carbocycles. The van der Waals surface area contributed by atoms with Gasteiger partial charge in [0, 0.05) is 12.6 Å². The van der Waals surface area contributed by atoms with Crippen molar-refractivity contribution >= 4 is 26.7 Å². The summed E-state index contributed by atoms with van der Waals surface area (Å²) in [7, 11) is 1.70. The number of benzene rings is 1. The minimum atomic E-state index is 0.562. The second-order valence-electron chi connectivity index (χ2n) is 5.68. The zero-order valence-corrected chi connectivity index (χ0v) is 13.6. The fourth-order valence-electron chi connectivity index (χ4n) is 2.83. The Kier molecular flexibility index (Phi) is 4.60. The molecule has 0 aliphatic carbocycles. The van der Waals surface area contributed by atoms with E-state index in [4.69, 9.17) is 4.74 Å². The summed E-state index contributed by atoms with van der Waals surface area (Å²) in [5.74, 6) is 0.888. The highest BCUT2D eigenvalue weighted by Gasteiger charge is 2.16. The van der Waals surface area contributed by atoms with Crippen molar-refractivity contribution in [1.29, 1.82) is 0 Å². The molecule has 1 atom stereocenters. The average Bonchev–Trinajstić information content (AvgIpc) is 2.95. The Labute approximate surface area is 130 Å². The van der Waals surface area contributed by atoms with Gasteiger partial charge in [-0.25, -0.2) is 4.98 Å². The van der Waals surface area contributed by atoms with E-state index in [0.717, 1.165) is 22.9 Å². The predicted molar refractivity (Wildman–Crippen MR) is 89.5 cm³/mol. The van der Waals surface area contributed by atoms with Crippen molar-refractivity contribution in [1.82, 2.24) is 9.88 Å². The minimum Gasteiger partial charge on any atom is -0.497 e. The Morgan fingerprint density at radius 3 is 2.90 bits per heavy atom. The fourth-order valence-corrected chi connectivity index (χ4v) is 3.73. The molecule has 1 aliphatic heterocycles. The lowest BCUT2D eigenvalue weighted by Gasteiger charge is -2.32. The topological polar surface area (TPSA) is 37.4 Å². The first-order valence-electron chi connectivity index (χ1n) is 7.69. The number of ether oxygens (including phenoxy) is 1. The summed E-state index contributed by atoms with van der Waals surface area (Å²) in [4.78, 5) is 7.21. The molecular weight excluding hydrogens is 282 g/mol. The Morgan fingerprint density at radius 1 is 1.33 bits per heavy atom. The van der Waals surface area contributed by atoms with Crippen LogP contribution in [0.5, 0.6) is 5.75 Å². The number of hydrogen-bond donors (Lipinski definition) is 1. The molecule has 1 fully saturated rings. The van der Waals surface area contributed by atoms with Crippen molar-refractivity contribution in [2.75, 3.05) is 32.1 Å². The molecule has 5 heteroatoms. The number of nitrogens with zero attached hydrogens (tertiary/aromatic N) is 2. The summed E-state index contributed by atoms with van der Waals surface area (Å²) >= 11 is 1.69. The average molecular weight is 305 g/mol. The molecule has 1 saturated heterocycles. The zero-order valence-electron chi connectivity index (χ0n) is 12.8. The molecule has 0 radical (unpaired) electrons. The molecule has 3 rings (SSSR count). The molecule has 0 amide bonds. The first kappa shape index (κ1) is 14.6. The SMILES string of the molecule is COc1ccc2nc(NCC(C)N3CCCCC3)sc2c1. The second kappa shape index (κ2) is 6.62. The number of likely N-dealkylation sites (tertiary alicyclic amines) is 1. The molecule has 2 aromatic rings. The van der Waals surface area contributed by atoms with Gasteiger partial charge in [0.15, 0.2) is 5.13 Å². The van der Waals surface area contributed by atoms with E-state index in [1.807, 2.05) is 18.2 Å². The van der Waals surface area contributed by atoms with Crippen molar-refractivity contribution in [2.45, 2.75) is 32.2 Å². The van der Waals surface area contributed by atoms with Crippen LogP contribution in [0.1, 0.15) is 26.2 Å². The summed E-state index contributed by atoms with van der Waals surface area (Å²) in [6.07, 6.45) is 4.06. The van der Waals surface area contributed by atoms with Crippen LogP contribution in [0.15, 0.2) is 18.2 Å². The van der Waals surface area contributed by atoms with Crippen LogP contribution in [0.3, 0.4) is 0 Å². The third-order valence-corrected chi connectivity index (χ3v) is 5.13. The molecule has 4 nitrogen and oxygen atoms in total. The number of thiazole rings is 1. The van der Waals surface area contributed by atoms with Crippen LogP contribution in [0.4, 0.5) is 5.13 Å². The summed E-state index contributed by atoms with van der Waals surface area (Å²) < 4.78 is 6.43. The summed E-state index contributed by atoms with van der Waals surface area (Å²) in [6.45, 7) is 5.73. The van der Waals surface area contributed by atoms with Gasteiger partial charge in [-0.3, -0.25) is 4.90 Å². The van der Waals surface area contributed by atoms with Crippen molar-refractivity contribution in [3.63, 3.8) is 0 Å². The van der Waals surface area contributed by atoms with Gasteiger partial charge >= 0.3 is 0 Å². The van der Waals surface area contributed by atoms with Gasteiger partial charge < -0.3 is 10.1 Å². The van der Waals surface area contributed by atoms with Gasteiger partial charge in [0.2, 0.25) is 0 Å². The van der Waals surface area contributed by atoms with Crippen LogP contribution in [-0.4, -0.2) is 42.7 Å². The van der Waals surface area contributed by atoms with E-state index in [2.05, 4.69) is 22.1 Å². The Bertz CT molecular complexity index is 592. The zero-order chi connectivity index (χ0) is 14.7. The lowest BCUT2D eigenvalue weighted by atomic mass is 10.1. The third kappa shape index (κ3) is 3.47. The number of rotatable bonds is 5. The second-order valence-corrected chi connectivity index (χ2v) is 6.71. The summed E-state index contributed by atoms with van der Waals surface area (Å²) in [5.41, 5.74) is 1.04. The van der Waals surface area contributed by atoms with Gasteiger partial charge in [-0.05, 0) is 51.1 Å². The molecule has 21 heavy (non-hydrogen) atoms. The van der Waals surface area contributed by atoms with E-state index >= 15 is 0 Å². The van der Waals surface area contributed by atoms with E-state index in [1.165, 1.54) is 37.1 Å². The molecule has 1 N–H and O–H groups in total. The van der Waals surface area contributed by atoms with Crippen molar-refractivity contribution in [2.24, 2.45) is 0 Å². The van der Waals surface area contributed by atoms with E-state index in [9.17, 15) is 0 Å². The number of piperidine rings is 1. The quantitative estimate of drug-likeness (QED) is 0.916. The molecule has 1 aromatic carbocycles. The maximum absolute atomic E-state index is 5.26. The molecule has 0 bridgehead atoms. The van der Waals surface area contributed by atoms with Gasteiger partial charge in [-0.15, -0.1) is 0 Å². The van der Waals surface area contributed by atoms with Gasteiger partial charge in [0.1, 0.15) is 5.75 Å². The molecule has 0 spiro atoms. The molecule has 1 aliphatic rings. The summed E-state index contributed by atoms with van der Waals surface area (Å²) in [5, 5.41) is 4.50. The highest BCUT2D eigenvalue weighted by atomic mass is 32.1. The number of hydrogen-bond acceptors (Lipinski definition) is 5. The molecular formula is C16H23N3OS. The fraction of sp³-hybridized carbons (Fsp3) is 0.562. The lowest BCUT2D eigenvalue weighted by molar-refractivity contribution is 0.180. The molecule has 1 aromatic heterocycles. The van der Waals surface area contributed by atoms with Gasteiger partial charge in [0.05, 0.1) is 17.3 Å². The van der Waals surface area contributed by atoms with E-state index in [1.54, 1.807) is 18.4 Å². The number of nitrogens with one attached hydrogen (secondary N) is 1. The van der Waals surface area contributed by atoms with Gasteiger partial charge in [0.25, 0.3) is 0 Å². The van der Waals surface area contributed by atoms with E-state index in [-0.39, 0.29) is 0 Å². The highest BCUT2D eigenvalue weighted by molar-refractivity contribution is 7.22. The number of aromatic nitrogens is 1. The van der Waals surface area contributed by atoms with Crippen LogP contribution < -0.4 is 10.1 Å². The van der Waals surface area contributed by atoms with E-state index in [0.29, 0.717) is 6.04 Å². The third-order valence-electron chi connectivity index (χ3n) is 4.16. The normalized spacial score (nSPS) is 17.8. The Hall–Kier alpha value is -1.33. The first-order valence-corrected chi connectivity index (χ1v) is 8.50. The van der Waals surface area contributed by atoms with Crippen molar-refractivity contribution < 1.29 is 4.74 Å². The molecule has 114 valence electrons. The largest absolute Gasteiger partial charge is 0.497 e. The van der Waals surface area contributed by atoms with E-state index < -0.39 is 0 Å². The molecule has 1 unspecified atom stereocenters. The highest BCUT2D eigenvalue weighted by Crippen LogP contribution is 2.29. The Morgan fingerprint density at radius 2 is 2.14 bits per heavy atom. The van der Waals surface area contributed by atoms with Crippen molar-refractivity contribution in [3.05, 3.63) is 18.2 Å². The molecule has 2 heterocycles. The summed E-state index contributed by atoms with van der Waals surface area (Å²) in [6, 6.07) is 6.59. The minimum absolute atomic E-state index is 0.562. The van der Waals surface area contributed by atoms with Gasteiger partial charge in [-0.1, -0.05) is 17.8 Å². The number of anilines is 1. The monoisotopic (exact) mass is 305 g/mol. The number of fused-ring (bicyclic) bond motifs is 1. The van der Waals surface area contributed by atoms with Crippen molar-refractivity contribution in [3.8, 4) is 5.75 Å². The maximum Gasteiger partial charge on any atom is 0.183 e. The predicted octanol–water partition coefficient (Wildman–Crippen LogP) is 3.59. The van der Waals surface area contributed by atoms with Crippen LogP contribution in [0.25, 0.3) is 10.2 Å². The maximum atomic E-state index is 5.26. The smallest absolute Gasteiger partial charge is 0.183 e.